The molecule has 2 aromatic rings. The van der Waals surface area contributed by atoms with E-state index in [1.807, 2.05) is 19.1 Å². The summed E-state index contributed by atoms with van der Waals surface area (Å²) in [6.45, 7) is 10.6. The third-order valence-corrected chi connectivity index (χ3v) is 3.42. The average Bonchev–Trinajstić information content (AvgIpc) is 2.75. The van der Waals surface area contributed by atoms with Crippen LogP contribution >= 0.6 is 0 Å². The second-order valence-electron chi connectivity index (χ2n) is 5.66. The number of hydrogen-bond donors (Lipinski definition) is 1. The highest BCUT2D eigenvalue weighted by molar-refractivity contribution is 5.91. The van der Waals surface area contributed by atoms with E-state index in [0.717, 1.165) is 17.4 Å². The predicted octanol–water partition coefficient (Wildman–Crippen LogP) is 3.64. The molecule has 0 saturated heterocycles. The molecular formula is C17H21N3O. The Labute approximate surface area is 125 Å². The van der Waals surface area contributed by atoms with Gasteiger partial charge in [-0.3, -0.25) is 4.79 Å². The van der Waals surface area contributed by atoms with Gasteiger partial charge in [0.2, 0.25) is 0 Å². The first kappa shape index (κ1) is 15.0. The first-order chi connectivity index (χ1) is 9.93. The SMILES string of the molecule is C=C(C)Cn1nc(-c2ccc(C(C)C)cc2)c(C=O)c1N. The topological polar surface area (TPSA) is 60.9 Å². The summed E-state index contributed by atoms with van der Waals surface area (Å²) >= 11 is 0. The number of allylic oxidation sites excluding steroid dienone is 1. The van der Waals surface area contributed by atoms with Crippen LogP contribution in [-0.2, 0) is 6.54 Å². The lowest BCUT2D eigenvalue weighted by Crippen LogP contribution is -2.05. The Morgan fingerprint density at radius 1 is 1.38 bits per heavy atom. The van der Waals surface area contributed by atoms with E-state index in [-0.39, 0.29) is 0 Å². The molecule has 21 heavy (non-hydrogen) atoms. The van der Waals surface area contributed by atoms with Gasteiger partial charge in [-0.05, 0) is 18.4 Å². The van der Waals surface area contributed by atoms with Crippen molar-refractivity contribution in [3.05, 3.63) is 47.5 Å². The number of rotatable bonds is 5. The van der Waals surface area contributed by atoms with Gasteiger partial charge in [0.05, 0.1) is 12.1 Å². The number of hydrogen-bond acceptors (Lipinski definition) is 3. The van der Waals surface area contributed by atoms with Crippen LogP contribution in [0.1, 0.15) is 42.6 Å². The molecule has 1 heterocycles. The molecule has 0 saturated carbocycles. The minimum absolute atomic E-state index is 0.385. The maximum absolute atomic E-state index is 11.3. The zero-order valence-electron chi connectivity index (χ0n) is 12.8. The van der Waals surface area contributed by atoms with Gasteiger partial charge in [-0.25, -0.2) is 4.68 Å². The van der Waals surface area contributed by atoms with Gasteiger partial charge in [0.15, 0.2) is 6.29 Å². The number of nitrogen functional groups attached to an aromatic ring is 1. The van der Waals surface area contributed by atoms with Crippen LogP contribution in [0.15, 0.2) is 36.4 Å². The first-order valence-corrected chi connectivity index (χ1v) is 7.00. The molecule has 2 rings (SSSR count). The molecule has 0 fully saturated rings. The minimum Gasteiger partial charge on any atom is -0.383 e. The van der Waals surface area contributed by atoms with Crippen molar-refractivity contribution in [1.29, 1.82) is 0 Å². The number of carbonyl (C=O) groups is 1. The van der Waals surface area contributed by atoms with Crippen molar-refractivity contribution in [2.45, 2.75) is 33.2 Å². The second-order valence-corrected chi connectivity index (χ2v) is 5.66. The Hall–Kier alpha value is -2.36. The molecule has 110 valence electrons. The van der Waals surface area contributed by atoms with Crippen LogP contribution in [0.2, 0.25) is 0 Å². The zero-order valence-corrected chi connectivity index (χ0v) is 12.8. The molecule has 0 aliphatic carbocycles. The van der Waals surface area contributed by atoms with Crippen LogP contribution in [0.5, 0.6) is 0 Å². The molecule has 4 heteroatoms. The molecule has 0 spiro atoms. The number of benzene rings is 1. The highest BCUT2D eigenvalue weighted by Crippen LogP contribution is 2.27. The molecule has 0 atom stereocenters. The van der Waals surface area contributed by atoms with Gasteiger partial charge in [-0.1, -0.05) is 50.3 Å². The molecule has 0 unspecified atom stereocenters. The average molecular weight is 283 g/mol. The summed E-state index contributed by atoms with van der Waals surface area (Å²) in [7, 11) is 0. The summed E-state index contributed by atoms with van der Waals surface area (Å²) in [6, 6.07) is 8.08. The van der Waals surface area contributed by atoms with Gasteiger partial charge < -0.3 is 5.73 Å². The Morgan fingerprint density at radius 3 is 2.48 bits per heavy atom. The molecule has 0 radical (unpaired) electrons. The van der Waals surface area contributed by atoms with Crippen LogP contribution in [-0.4, -0.2) is 16.1 Å². The molecule has 2 N–H and O–H groups in total. The second kappa shape index (κ2) is 5.95. The minimum atomic E-state index is 0.385. The van der Waals surface area contributed by atoms with E-state index in [4.69, 9.17) is 5.73 Å². The fraction of sp³-hybridized carbons (Fsp3) is 0.294. The standard InChI is InChI=1S/C17H21N3O/c1-11(2)9-20-17(18)15(10-21)16(19-20)14-7-5-13(6-8-14)12(3)4/h5-8,10,12H,1,9,18H2,2-4H3. The third kappa shape index (κ3) is 3.05. The van der Waals surface area contributed by atoms with E-state index >= 15 is 0 Å². The molecule has 0 aliphatic heterocycles. The summed E-state index contributed by atoms with van der Waals surface area (Å²) in [5.41, 5.74) is 10.2. The Kier molecular flexibility index (Phi) is 4.26. The summed E-state index contributed by atoms with van der Waals surface area (Å²) in [5.74, 6) is 0.853. The van der Waals surface area contributed by atoms with Gasteiger partial charge in [0.25, 0.3) is 0 Å². The van der Waals surface area contributed by atoms with E-state index in [1.165, 1.54) is 5.56 Å². The van der Waals surface area contributed by atoms with Crippen molar-refractivity contribution in [3.8, 4) is 11.3 Å². The van der Waals surface area contributed by atoms with Gasteiger partial charge in [-0.15, -0.1) is 0 Å². The zero-order chi connectivity index (χ0) is 15.6. The number of aldehydes is 1. The lowest BCUT2D eigenvalue weighted by Gasteiger charge is -2.05. The molecular weight excluding hydrogens is 262 g/mol. The largest absolute Gasteiger partial charge is 0.383 e. The van der Waals surface area contributed by atoms with Crippen molar-refractivity contribution in [1.82, 2.24) is 9.78 Å². The van der Waals surface area contributed by atoms with Crippen LogP contribution in [0, 0.1) is 0 Å². The normalized spacial score (nSPS) is 10.9. The van der Waals surface area contributed by atoms with E-state index in [9.17, 15) is 4.79 Å². The monoisotopic (exact) mass is 283 g/mol. The van der Waals surface area contributed by atoms with Crippen molar-refractivity contribution in [3.63, 3.8) is 0 Å². The Bertz CT molecular complexity index is 666. The van der Waals surface area contributed by atoms with E-state index < -0.39 is 0 Å². The van der Waals surface area contributed by atoms with Crippen molar-refractivity contribution in [2.24, 2.45) is 0 Å². The molecule has 1 aromatic carbocycles. The van der Waals surface area contributed by atoms with Crippen LogP contribution in [0.25, 0.3) is 11.3 Å². The summed E-state index contributed by atoms with van der Waals surface area (Å²) in [5, 5.41) is 4.47. The number of anilines is 1. The maximum atomic E-state index is 11.3. The lowest BCUT2D eigenvalue weighted by atomic mass is 10.00. The van der Waals surface area contributed by atoms with Crippen molar-refractivity contribution >= 4 is 12.1 Å². The quantitative estimate of drug-likeness (QED) is 0.673. The summed E-state index contributed by atoms with van der Waals surface area (Å²) in [4.78, 5) is 11.3. The highest BCUT2D eigenvalue weighted by atomic mass is 16.1. The number of aromatic nitrogens is 2. The molecule has 1 aromatic heterocycles. The fourth-order valence-corrected chi connectivity index (χ4v) is 2.22. The highest BCUT2D eigenvalue weighted by Gasteiger charge is 2.16. The Balaban J connectivity index is 2.47. The van der Waals surface area contributed by atoms with Crippen molar-refractivity contribution in [2.75, 3.05) is 5.73 Å². The predicted molar refractivity (Wildman–Crippen MR) is 86.4 cm³/mol. The number of carbonyl (C=O) groups excluding carboxylic acids is 1. The summed E-state index contributed by atoms with van der Waals surface area (Å²) in [6.07, 6.45) is 0.767. The number of nitrogens with two attached hydrogens (primary N) is 1. The molecule has 0 aliphatic rings. The van der Waals surface area contributed by atoms with Crippen molar-refractivity contribution < 1.29 is 4.79 Å². The van der Waals surface area contributed by atoms with Gasteiger partial charge in [-0.2, -0.15) is 5.10 Å². The van der Waals surface area contributed by atoms with E-state index in [1.54, 1.807) is 4.68 Å². The Morgan fingerprint density at radius 2 is 2.00 bits per heavy atom. The van der Waals surface area contributed by atoms with Crippen LogP contribution in [0.3, 0.4) is 0 Å². The summed E-state index contributed by atoms with van der Waals surface area (Å²) < 4.78 is 1.62. The van der Waals surface area contributed by atoms with Crippen LogP contribution in [0.4, 0.5) is 5.82 Å². The number of nitrogens with zero attached hydrogens (tertiary/aromatic N) is 2. The van der Waals surface area contributed by atoms with E-state index in [2.05, 4.69) is 37.7 Å². The van der Waals surface area contributed by atoms with Gasteiger partial charge in [0, 0.05) is 5.56 Å². The van der Waals surface area contributed by atoms with Crippen LogP contribution < -0.4 is 5.73 Å². The maximum Gasteiger partial charge on any atom is 0.156 e. The molecule has 4 nitrogen and oxygen atoms in total. The smallest absolute Gasteiger partial charge is 0.156 e. The van der Waals surface area contributed by atoms with Gasteiger partial charge >= 0.3 is 0 Å². The van der Waals surface area contributed by atoms with Gasteiger partial charge in [0.1, 0.15) is 11.5 Å². The fourth-order valence-electron chi connectivity index (χ4n) is 2.22. The third-order valence-electron chi connectivity index (χ3n) is 3.42. The lowest BCUT2D eigenvalue weighted by molar-refractivity contribution is 0.112. The first-order valence-electron chi connectivity index (χ1n) is 7.00. The van der Waals surface area contributed by atoms with E-state index in [0.29, 0.717) is 29.5 Å². The molecule has 0 bridgehead atoms. The molecule has 0 amide bonds.